The van der Waals surface area contributed by atoms with Gasteiger partial charge in [-0.25, -0.2) is 0 Å². The van der Waals surface area contributed by atoms with Crippen molar-refractivity contribution in [1.82, 2.24) is 0 Å². The van der Waals surface area contributed by atoms with E-state index in [1.807, 2.05) is 0 Å². The van der Waals surface area contributed by atoms with Crippen LogP contribution in [-0.4, -0.2) is 40.4 Å². The van der Waals surface area contributed by atoms with Crippen LogP contribution < -0.4 is 0 Å². The van der Waals surface area contributed by atoms with Crippen molar-refractivity contribution in [2.75, 3.05) is 13.2 Å². The van der Waals surface area contributed by atoms with Gasteiger partial charge in [-0.15, -0.1) is 0 Å². The molecule has 0 bridgehead atoms. The Morgan fingerprint density at radius 1 is 1.60 bits per heavy atom. The third-order valence-electron chi connectivity index (χ3n) is 1.91. The van der Waals surface area contributed by atoms with Crippen LogP contribution in [0.4, 0.5) is 0 Å². The molecule has 0 amide bonds. The number of hydrogen-bond acceptors (Lipinski definition) is 4. The number of ether oxygens (including phenoxy) is 1. The first-order chi connectivity index (χ1) is 4.59. The van der Waals surface area contributed by atoms with Gasteiger partial charge in [0.15, 0.2) is 5.79 Å². The molecular weight excluding hydrogens is 136 g/mol. The fraction of sp³-hybridized carbons (Fsp3) is 1.00. The topological polar surface area (TPSA) is 69.9 Å². The molecule has 0 aromatic carbocycles. The summed E-state index contributed by atoms with van der Waals surface area (Å²) in [6.07, 6.45) is -0.845. The minimum absolute atomic E-state index is 0.290. The lowest BCUT2D eigenvalue weighted by molar-refractivity contribution is -0.217. The Kier molecular flexibility index (Phi) is 1.96. The zero-order valence-electron chi connectivity index (χ0n) is 5.82. The highest BCUT2D eigenvalue weighted by Gasteiger charge is 2.46. The van der Waals surface area contributed by atoms with E-state index in [9.17, 15) is 10.2 Å². The highest BCUT2D eigenvalue weighted by Crippen LogP contribution is 2.27. The standard InChI is InChI=1S/C6H12O4/c1-4-3-10-5(2-7)6(4,8)9/h4-5,7-9H,2-3H2,1H3. The normalized spacial score (nSPS) is 38.4. The van der Waals surface area contributed by atoms with E-state index < -0.39 is 11.9 Å². The molecule has 1 fully saturated rings. The monoisotopic (exact) mass is 148 g/mol. The van der Waals surface area contributed by atoms with Crippen LogP contribution in [0.15, 0.2) is 0 Å². The predicted molar refractivity (Wildman–Crippen MR) is 33.2 cm³/mol. The molecule has 0 aliphatic carbocycles. The lowest BCUT2D eigenvalue weighted by atomic mass is 10.0. The molecule has 1 rings (SSSR count). The third-order valence-corrected chi connectivity index (χ3v) is 1.91. The predicted octanol–water partition coefficient (Wildman–Crippen LogP) is -1.31. The van der Waals surface area contributed by atoms with Crippen LogP contribution in [-0.2, 0) is 4.74 Å². The molecule has 4 heteroatoms. The quantitative estimate of drug-likeness (QED) is 0.404. The van der Waals surface area contributed by atoms with E-state index in [0.29, 0.717) is 0 Å². The Bertz CT molecular complexity index is 123. The van der Waals surface area contributed by atoms with E-state index in [4.69, 9.17) is 9.84 Å². The number of aliphatic hydroxyl groups is 3. The summed E-state index contributed by atoms with van der Waals surface area (Å²) in [5.74, 6) is -2.18. The largest absolute Gasteiger partial charge is 0.393 e. The minimum atomic E-state index is -1.85. The van der Waals surface area contributed by atoms with E-state index in [0.717, 1.165) is 0 Å². The lowest BCUT2D eigenvalue weighted by Crippen LogP contribution is -2.44. The smallest absolute Gasteiger partial charge is 0.196 e. The Hall–Kier alpha value is -0.160. The van der Waals surface area contributed by atoms with Crippen LogP contribution in [0.1, 0.15) is 6.92 Å². The van der Waals surface area contributed by atoms with Crippen molar-refractivity contribution in [2.45, 2.75) is 18.8 Å². The fourth-order valence-electron chi connectivity index (χ4n) is 1.01. The highest BCUT2D eigenvalue weighted by molar-refractivity contribution is 4.86. The van der Waals surface area contributed by atoms with Crippen molar-refractivity contribution < 1.29 is 20.1 Å². The van der Waals surface area contributed by atoms with Gasteiger partial charge in [-0.1, -0.05) is 6.92 Å². The van der Waals surface area contributed by atoms with Gasteiger partial charge in [0, 0.05) is 5.92 Å². The van der Waals surface area contributed by atoms with Gasteiger partial charge in [-0.3, -0.25) is 0 Å². The second kappa shape index (κ2) is 2.47. The van der Waals surface area contributed by atoms with Crippen LogP contribution in [0.5, 0.6) is 0 Å². The average molecular weight is 148 g/mol. The van der Waals surface area contributed by atoms with Crippen molar-refractivity contribution in [1.29, 1.82) is 0 Å². The molecule has 0 spiro atoms. The second-order valence-corrected chi connectivity index (χ2v) is 2.69. The average Bonchev–Trinajstić information content (AvgIpc) is 2.10. The molecule has 60 valence electrons. The zero-order valence-corrected chi connectivity index (χ0v) is 5.82. The first-order valence-electron chi connectivity index (χ1n) is 3.26. The minimum Gasteiger partial charge on any atom is -0.393 e. The maximum atomic E-state index is 9.19. The van der Waals surface area contributed by atoms with Crippen molar-refractivity contribution >= 4 is 0 Å². The fourth-order valence-corrected chi connectivity index (χ4v) is 1.01. The molecule has 0 aromatic heterocycles. The summed E-state index contributed by atoms with van der Waals surface area (Å²) in [5.41, 5.74) is 0. The first kappa shape index (κ1) is 7.94. The molecule has 10 heavy (non-hydrogen) atoms. The first-order valence-corrected chi connectivity index (χ1v) is 3.26. The Balaban J connectivity index is 2.64. The maximum absolute atomic E-state index is 9.19. The molecule has 1 heterocycles. The van der Waals surface area contributed by atoms with Gasteiger partial charge in [0.25, 0.3) is 0 Å². The summed E-state index contributed by atoms with van der Waals surface area (Å²) in [6.45, 7) is 1.60. The summed E-state index contributed by atoms with van der Waals surface area (Å²) >= 11 is 0. The maximum Gasteiger partial charge on any atom is 0.196 e. The molecular formula is C6H12O4. The third kappa shape index (κ3) is 1.03. The number of rotatable bonds is 1. The van der Waals surface area contributed by atoms with Gasteiger partial charge in [0.05, 0.1) is 13.2 Å². The molecule has 1 aliphatic heterocycles. The molecule has 2 unspecified atom stereocenters. The lowest BCUT2D eigenvalue weighted by Gasteiger charge is -2.23. The Morgan fingerprint density at radius 2 is 2.20 bits per heavy atom. The summed E-state index contributed by atoms with van der Waals surface area (Å²) in [5, 5.41) is 27.0. The van der Waals surface area contributed by atoms with Crippen LogP contribution in [0.2, 0.25) is 0 Å². The van der Waals surface area contributed by atoms with Crippen LogP contribution in [0.3, 0.4) is 0 Å². The van der Waals surface area contributed by atoms with E-state index >= 15 is 0 Å². The molecule has 0 radical (unpaired) electrons. The summed E-state index contributed by atoms with van der Waals surface area (Å²) in [7, 11) is 0. The summed E-state index contributed by atoms with van der Waals surface area (Å²) < 4.78 is 4.88. The summed E-state index contributed by atoms with van der Waals surface area (Å²) in [4.78, 5) is 0. The van der Waals surface area contributed by atoms with Gasteiger partial charge in [-0.2, -0.15) is 0 Å². The summed E-state index contributed by atoms with van der Waals surface area (Å²) in [6, 6.07) is 0. The molecule has 0 aromatic rings. The molecule has 4 nitrogen and oxygen atoms in total. The number of aliphatic hydroxyl groups excluding tert-OH is 1. The van der Waals surface area contributed by atoms with E-state index in [1.54, 1.807) is 6.92 Å². The SMILES string of the molecule is CC1COC(CO)C1(O)O. The van der Waals surface area contributed by atoms with Gasteiger partial charge in [0.2, 0.25) is 0 Å². The van der Waals surface area contributed by atoms with Crippen LogP contribution >= 0.6 is 0 Å². The zero-order chi connectivity index (χ0) is 7.78. The van der Waals surface area contributed by atoms with Gasteiger partial charge >= 0.3 is 0 Å². The molecule has 1 aliphatic rings. The highest BCUT2D eigenvalue weighted by atomic mass is 16.6. The van der Waals surface area contributed by atoms with Gasteiger partial charge < -0.3 is 20.1 Å². The molecule has 0 saturated carbocycles. The van der Waals surface area contributed by atoms with Crippen molar-refractivity contribution in [3.8, 4) is 0 Å². The molecule has 2 atom stereocenters. The van der Waals surface area contributed by atoms with E-state index in [1.165, 1.54) is 0 Å². The van der Waals surface area contributed by atoms with E-state index in [2.05, 4.69) is 0 Å². The van der Waals surface area contributed by atoms with Crippen molar-refractivity contribution in [3.05, 3.63) is 0 Å². The van der Waals surface area contributed by atoms with E-state index in [-0.39, 0.29) is 19.1 Å². The molecule has 1 saturated heterocycles. The van der Waals surface area contributed by atoms with Gasteiger partial charge in [0.1, 0.15) is 6.10 Å². The van der Waals surface area contributed by atoms with Crippen LogP contribution in [0, 0.1) is 5.92 Å². The molecule has 3 N–H and O–H groups in total. The Labute approximate surface area is 59.1 Å². The number of hydrogen-bond donors (Lipinski definition) is 3. The van der Waals surface area contributed by atoms with Crippen molar-refractivity contribution in [2.24, 2.45) is 5.92 Å². The van der Waals surface area contributed by atoms with Gasteiger partial charge in [-0.05, 0) is 0 Å². The second-order valence-electron chi connectivity index (χ2n) is 2.69. The van der Waals surface area contributed by atoms with Crippen molar-refractivity contribution in [3.63, 3.8) is 0 Å². The Morgan fingerprint density at radius 3 is 2.40 bits per heavy atom. The van der Waals surface area contributed by atoms with Crippen LogP contribution in [0.25, 0.3) is 0 Å².